The lowest BCUT2D eigenvalue weighted by Gasteiger charge is -2.10. The van der Waals surface area contributed by atoms with Gasteiger partial charge >= 0.3 is 0 Å². The smallest absolute Gasteiger partial charge is 0.222 e. The predicted octanol–water partition coefficient (Wildman–Crippen LogP) is 0.548. The molecule has 84 valence electrons. The van der Waals surface area contributed by atoms with Crippen LogP contribution in [0.1, 0.15) is 26.7 Å². The Bertz CT molecular complexity index is 150. The van der Waals surface area contributed by atoms with Crippen LogP contribution in [0.2, 0.25) is 0 Å². The van der Waals surface area contributed by atoms with Gasteiger partial charge in [-0.3, -0.25) is 4.79 Å². The fraction of sp³-hybridized carbons (Fsp3) is 0.900. The van der Waals surface area contributed by atoms with E-state index in [0.717, 1.165) is 6.42 Å². The van der Waals surface area contributed by atoms with E-state index in [9.17, 15) is 4.79 Å². The molecule has 1 atom stereocenters. The molecule has 0 aromatic heterocycles. The average molecular weight is 203 g/mol. The second-order valence-electron chi connectivity index (χ2n) is 3.37. The molecule has 0 rings (SSSR count). The van der Waals surface area contributed by atoms with Gasteiger partial charge in [-0.2, -0.15) is 0 Å². The Labute approximate surface area is 85.6 Å². The van der Waals surface area contributed by atoms with E-state index in [2.05, 4.69) is 5.32 Å². The molecule has 0 saturated heterocycles. The van der Waals surface area contributed by atoms with Crippen molar-refractivity contribution in [1.29, 1.82) is 0 Å². The van der Waals surface area contributed by atoms with Gasteiger partial charge in [-0.25, -0.2) is 0 Å². The zero-order valence-corrected chi connectivity index (χ0v) is 9.08. The standard InChI is InChI=1S/C10H21NO3/c1-3-14-7-5-10(13)11-8-9(2)4-6-12/h9,12H,3-8H2,1-2H3,(H,11,13). The minimum Gasteiger partial charge on any atom is -0.396 e. The van der Waals surface area contributed by atoms with Crippen LogP contribution < -0.4 is 5.32 Å². The summed E-state index contributed by atoms with van der Waals surface area (Å²) in [6.07, 6.45) is 1.14. The lowest BCUT2D eigenvalue weighted by Crippen LogP contribution is -2.29. The van der Waals surface area contributed by atoms with E-state index in [1.807, 2.05) is 13.8 Å². The van der Waals surface area contributed by atoms with Crippen LogP contribution in [0.5, 0.6) is 0 Å². The minimum atomic E-state index is 0.0169. The molecular formula is C10H21NO3. The molecule has 0 aliphatic rings. The summed E-state index contributed by atoms with van der Waals surface area (Å²) in [5.41, 5.74) is 0. The van der Waals surface area contributed by atoms with Gasteiger partial charge in [0.2, 0.25) is 5.91 Å². The van der Waals surface area contributed by atoms with E-state index in [4.69, 9.17) is 9.84 Å². The number of carbonyl (C=O) groups excluding carboxylic acids is 1. The van der Waals surface area contributed by atoms with Crippen LogP contribution >= 0.6 is 0 Å². The maximum absolute atomic E-state index is 11.2. The molecule has 0 saturated carbocycles. The zero-order valence-electron chi connectivity index (χ0n) is 9.08. The first-order valence-electron chi connectivity index (χ1n) is 5.16. The highest BCUT2D eigenvalue weighted by Gasteiger charge is 2.04. The lowest BCUT2D eigenvalue weighted by molar-refractivity contribution is -0.122. The third-order valence-corrected chi connectivity index (χ3v) is 1.95. The Morgan fingerprint density at radius 2 is 2.29 bits per heavy atom. The van der Waals surface area contributed by atoms with E-state index < -0.39 is 0 Å². The Kier molecular flexibility index (Phi) is 8.57. The second-order valence-corrected chi connectivity index (χ2v) is 3.37. The number of ether oxygens (including phenoxy) is 1. The summed E-state index contributed by atoms with van der Waals surface area (Å²) >= 11 is 0. The normalized spacial score (nSPS) is 12.5. The van der Waals surface area contributed by atoms with Gasteiger partial charge in [0, 0.05) is 26.2 Å². The molecule has 0 bridgehead atoms. The van der Waals surface area contributed by atoms with Crippen molar-refractivity contribution in [1.82, 2.24) is 5.32 Å². The van der Waals surface area contributed by atoms with Crippen molar-refractivity contribution in [2.75, 3.05) is 26.4 Å². The molecule has 0 heterocycles. The number of nitrogens with one attached hydrogen (secondary N) is 1. The fourth-order valence-electron chi connectivity index (χ4n) is 1.01. The van der Waals surface area contributed by atoms with Crippen molar-refractivity contribution in [2.24, 2.45) is 5.92 Å². The third kappa shape index (κ3) is 8.01. The Hall–Kier alpha value is -0.610. The topological polar surface area (TPSA) is 58.6 Å². The third-order valence-electron chi connectivity index (χ3n) is 1.95. The average Bonchev–Trinajstić information content (AvgIpc) is 2.16. The molecule has 0 aromatic rings. The first kappa shape index (κ1) is 13.4. The molecule has 1 amide bonds. The van der Waals surface area contributed by atoms with Crippen LogP contribution in [0, 0.1) is 5.92 Å². The molecule has 0 radical (unpaired) electrons. The van der Waals surface area contributed by atoms with Gasteiger partial charge in [-0.1, -0.05) is 6.92 Å². The molecule has 0 aromatic carbocycles. The van der Waals surface area contributed by atoms with Gasteiger partial charge in [-0.15, -0.1) is 0 Å². The predicted molar refractivity (Wildman–Crippen MR) is 55.0 cm³/mol. The highest BCUT2D eigenvalue weighted by atomic mass is 16.5. The van der Waals surface area contributed by atoms with Crippen molar-refractivity contribution < 1.29 is 14.6 Å². The number of aliphatic hydroxyl groups excluding tert-OH is 1. The number of hydrogen-bond acceptors (Lipinski definition) is 3. The zero-order chi connectivity index (χ0) is 10.8. The molecule has 4 nitrogen and oxygen atoms in total. The summed E-state index contributed by atoms with van der Waals surface area (Å²) < 4.78 is 5.06. The monoisotopic (exact) mass is 203 g/mol. The van der Waals surface area contributed by atoms with E-state index in [0.29, 0.717) is 32.1 Å². The van der Waals surface area contributed by atoms with Crippen LogP contribution in [-0.4, -0.2) is 37.4 Å². The van der Waals surface area contributed by atoms with Crippen LogP contribution in [0.15, 0.2) is 0 Å². The highest BCUT2D eigenvalue weighted by molar-refractivity contribution is 5.75. The molecule has 4 heteroatoms. The summed E-state index contributed by atoms with van der Waals surface area (Å²) in [4.78, 5) is 11.2. The number of carbonyl (C=O) groups is 1. The van der Waals surface area contributed by atoms with Gasteiger partial charge in [0.05, 0.1) is 6.61 Å². The summed E-state index contributed by atoms with van der Waals surface area (Å²) in [7, 11) is 0. The number of rotatable bonds is 8. The summed E-state index contributed by atoms with van der Waals surface area (Å²) in [5, 5.41) is 11.4. The highest BCUT2D eigenvalue weighted by Crippen LogP contribution is 1.97. The molecule has 0 spiro atoms. The number of amides is 1. The van der Waals surface area contributed by atoms with Crippen molar-refractivity contribution in [2.45, 2.75) is 26.7 Å². The molecule has 0 aliphatic carbocycles. The van der Waals surface area contributed by atoms with Crippen LogP contribution in [0.3, 0.4) is 0 Å². The Morgan fingerprint density at radius 3 is 2.86 bits per heavy atom. The molecule has 1 unspecified atom stereocenters. The van der Waals surface area contributed by atoms with Crippen molar-refractivity contribution in [3.05, 3.63) is 0 Å². The van der Waals surface area contributed by atoms with Gasteiger partial charge in [-0.05, 0) is 19.3 Å². The second kappa shape index (κ2) is 8.97. The van der Waals surface area contributed by atoms with E-state index in [-0.39, 0.29) is 12.5 Å². The van der Waals surface area contributed by atoms with Crippen molar-refractivity contribution in [3.63, 3.8) is 0 Å². The van der Waals surface area contributed by atoms with E-state index >= 15 is 0 Å². The summed E-state index contributed by atoms with van der Waals surface area (Å²) in [6.45, 7) is 5.84. The van der Waals surface area contributed by atoms with Crippen LogP contribution in [0.4, 0.5) is 0 Å². The Balaban J connectivity index is 3.34. The summed E-state index contributed by atoms with van der Waals surface area (Å²) in [5.74, 6) is 0.347. The van der Waals surface area contributed by atoms with Gasteiger partial charge < -0.3 is 15.2 Å². The minimum absolute atomic E-state index is 0.0169. The van der Waals surface area contributed by atoms with Crippen molar-refractivity contribution >= 4 is 5.91 Å². The van der Waals surface area contributed by atoms with Gasteiger partial charge in [0.15, 0.2) is 0 Å². The van der Waals surface area contributed by atoms with E-state index in [1.54, 1.807) is 0 Å². The number of aliphatic hydroxyl groups is 1. The lowest BCUT2D eigenvalue weighted by atomic mass is 10.1. The molecule has 0 aliphatic heterocycles. The summed E-state index contributed by atoms with van der Waals surface area (Å²) in [6, 6.07) is 0. The van der Waals surface area contributed by atoms with Gasteiger partial charge in [0.1, 0.15) is 0 Å². The Morgan fingerprint density at radius 1 is 1.57 bits per heavy atom. The SMILES string of the molecule is CCOCCC(=O)NCC(C)CCO. The maximum Gasteiger partial charge on any atom is 0.222 e. The molecule has 14 heavy (non-hydrogen) atoms. The van der Waals surface area contributed by atoms with Crippen LogP contribution in [-0.2, 0) is 9.53 Å². The largest absolute Gasteiger partial charge is 0.396 e. The van der Waals surface area contributed by atoms with E-state index in [1.165, 1.54) is 0 Å². The number of hydrogen-bond donors (Lipinski definition) is 2. The first-order valence-corrected chi connectivity index (χ1v) is 5.16. The fourth-order valence-corrected chi connectivity index (χ4v) is 1.01. The molecular weight excluding hydrogens is 182 g/mol. The first-order chi connectivity index (χ1) is 6.70. The molecule has 0 fully saturated rings. The van der Waals surface area contributed by atoms with Gasteiger partial charge in [0.25, 0.3) is 0 Å². The quantitative estimate of drug-likeness (QED) is 0.566. The van der Waals surface area contributed by atoms with Crippen molar-refractivity contribution in [3.8, 4) is 0 Å². The van der Waals surface area contributed by atoms with Crippen LogP contribution in [0.25, 0.3) is 0 Å². The molecule has 2 N–H and O–H groups in total. The maximum atomic E-state index is 11.2.